The third-order valence-corrected chi connectivity index (χ3v) is 3.95. The van der Waals surface area contributed by atoms with E-state index in [1.54, 1.807) is 13.1 Å². The summed E-state index contributed by atoms with van der Waals surface area (Å²) in [6.07, 6.45) is 2.05. The van der Waals surface area contributed by atoms with Crippen LogP contribution in [-0.4, -0.2) is 25.6 Å². The fourth-order valence-electron chi connectivity index (χ4n) is 1.91. The third kappa shape index (κ3) is 5.20. The van der Waals surface area contributed by atoms with Gasteiger partial charge in [-0.2, -0.15) is 0 Å². The maximum atomic E-state index is 13.1. The van der Waals surface area contributed by atoms with Crippen LogP contribution in [0.15, 0.2) is 27.7 Å². The summed E-state index contributed by atoms with van der Waals surface area (Å²) in [5.41, 5.74) is 1.09. The Morgan fingerprint density at radius 2 is 2.20 bits per heavy atom. The number of nitrogens with one attached hydrogen (secondary N) is 2. The molecular formula is C14H20BrFIN3. The molecule has 20 heavy (non-hydrogen) atoms. The Kier molecular flexibility index (Phi) is 7.22. The van der Waals surface area contributed by atoms with Gasteiger partial charge in [0, 0.05) is 19.6 Å². The second kappa shape index (κ2) is 8.17. The van der Waals surface area contributed by atoms with Crippen LogP contribution in [-0.2, 0) is 6.42 Å². The normalized spacial score (nSPS) is 21.1. The van der Waals surface area contributed by atoms with Crippen LogP contribution in [0.5, 0.6) is 0 Å². The SMILES string of the molecule is CN=C(NCCc1ccc(F)c(Br)c1)NC1CC1C.I. The predicted octanol–water partition coefficient (Wildman–Crippen LogP) is 3.32. The molecule has 0 amide bonds. The molecule has 0 heterocycles. The van der Waals surface area contributed by atoms with Crippen LogP contribution in [0.25, 0.3) is 0 Å². The van der Waals surface area contributed by atoms with E-state index in [0.29, 0.717) is 10.5 Å². The molecule has 0 aliphatic heterocycles. The highest BCUT2D eigenvalue weighted by molar-refractivity contribution is 14.0. The smallest absolute Gasteiger partial charge is 0.191 e. The van der Waals surface area contributed by atoms with Gasteiger partial charge in [0.15, 0.2) is 5.96 Å². The summed E-state index contributed by atoms with van der Waals surface area (Å²) >= 11 is 3.20. The molecule has 1 aliphatic rings. The molecule has 1 fully saturated rings. The lowest BCUT2D eigenvalue weighted by Crippen LogP contribution is -2.39. The van der Waals surface area contributed by atoms with E-state index in [0.717, 1.165) is 30.4 Å². The van der Waals surface area contributed by atoms with Crippen molar-refractivity contribution in [1.82, 2.24) is 10.6 Å². The van der Waals surface area contributed by atoms with Crippen LogP contribution in [0.4, 0.5) is 4.39 Å². The molecule has 0 bridgehead atoms. The number of hydrogen-bond acceptors (Lipinski definition) is 1. The summed E-state index contributed by atoms with van der Waals surface area (Å²) in [7, 11) is 1.77. The fourth-order valence-corrected chi connectivity index (χ4v) is 2.34. The first kappa shape index (κ1) is 17.7. The number of nitrogens with zero attached hydrogens (tertiary/aromatic N) is 1. The van der Waals surface area contributed by atoms with E-state index in [-0.39, 0.29) is 29.8 Å². The first-order chi connectivity index (χ1) is 9.10. The second-order valence-corrected chi connectivity index (χ2v) is 5.82. The minimum absolute atomic E-state index is 0. The minimum Gasteiger partial charge on any atom is -0.356 e. The van der Waals surface area contributed by atoms with E-state index in [4.69, 9.17) is 0 Å². The number of benzene rings is 1. The zero-order valence-corrected chi connectivity index (χ0v) is 15.5. The Balaban J connectivity index is 0.00000200. The van der Waals surface area contributed by atoms with E-state index < -0.39 is 0 Å². The monoisotopic (exact) mass is 455 g/mol. The molecule has 2 rings (SSSR count). The van der Waals surface area contributed by atoms with Crippen molar-refractivity contribution in [3.8, 4) is 0 Å². The van der Waals surface area contributed by atoms with Gasteiger partial charge in [-0.05, 0) is 52.4 Å². The van der Waals surface area contributed by atoms with Gasteiger partial charge in [0.05, 0.1) is 4.47 Å². The standard InChI is InChI=1S/C14H19BrFN3.HI/c1-9-7-13(9)19-14(17-2)18-6-5-10-3-4-12(16)11(15)8-10;/h3-4,8-9,13H,5-7H2,1-2H3,(H2,17,18,19);1H. The van der Waals surface area contributed by atoms with Crippen LogP contribution >= 0.6 is 39.9 Å². The lowest BCUT2D eigenvalue weighted by atomic mass is 10.1. The van der Waals surface area contributed by atoms with E-state index in [9.17, 15) is 4.39 Å². The molecule has 1 aromatic carbocycles. The van der Waals surface area contributed by atoms with Gasteiger partial charge < -0.3 is 10.6 Å². The molecule has 6 heteroatoms. The van der Waals surface area contributed by atoms with Crippen molar-refractivity contribution in [3.05, 3.63) is 34.1 Å². The van der Waals surface area contributed by atoms with Gasteiger partial charge in [-0.25, -0.2) is 4.39 Å². The maximum Gasteiger partial charge on any atom is 0.191 e. The second-order valence-electron chi connectivity index (χ2n) is 4.96. The molecule has 2 N–H and O–H groups in total. The average Bonchev–Trinajstić information content (AvgIpc) is 3.08. The lowest BCUT2D eigenvalue weighted by Gasteiger charge is -2.11. The molecule has 2 unspecified atom stereocenters. The van der Waals surface area contributed by atoms with Crippen LogP contribution in [0.1, 0.15) is 18.9 Å². The van der Waals surface area contributed by atoms with Gasteiger partial charge in [0.25, 0.3) is 0 Å². The van der Waals surface area contributed by atoms with Gasteiger partial charge in [-0.1, -0.05) is 13.0 Å². The quantitative estimate of drug-likeness (QED) is 0.415. The van der Waals surface area contributed by atoms with Crippen LogP contribution in [0, 0.1) is 11.7 Å². The van der Waals surface area contributed by atoms with Crippen molar-refractivity contribution in [2.24, 2.45) is 10.9 Å². The highest BCUT2D eigenvalue weighted by atomic mass is 127. The summed E-state index contributed by atoms with van der Waals surface area (Å²) in [4.78, 5) is 4.19. The third-order valence-electron chi connectivity index (χ3n) is 3.35. The van der Waals surface area contributed by atoms with Gasteiger partial charge in [0.2, 0.25) is 0 Å². The van der Waals surface area contributed by atoms with Gasteiger partial charge in [0.1, 0.15) is 5.82 Å². The number of guanidine groups is 1. The molecule has 0 aromatic heterocycles. The van der Waals surface area contributed by atoms with Crippen molar-refractivity contribution >= 4 is 45.9 Å². The summed E-state index contributed by atoms with van der Waals surface area (Å²) < 4.78 is 13.6. The van der Waals surface area contributed by atoms with Crippen molar-refractivity contribution in [1.29, 1.82) is 0 Å². The van der Waals surface area contributed by atoms with Crippen molar-refractivity contribution < 1.29 is 4.39 Å². The molecule has 0 saturated heterocycles. The average molecular weight is 456 g/mol. The number of halogens is 3. The minimum atomic E-state index is -0.225. The number of hydrogen-bond donors (Lipinski definition) is 2. The van der Waals surface area contributed by atoms with E-state index in [1.807, 2.05) is 6.07 Å². The largest absolute Gasteiger partial charge is 0.356 e. The Hall–Kier alpha value is -0.370. The molecule has 1 aromatic rings. The lowest BCUT2D eigenvalue weighted by molar-refractivity contribution is 0.620. The Labute approximate surface area is 145 Å². The summed E-state index contributed by atoms with van der Waals surface area (Å²) in [5, 5.41) is 6.64. The van der Waals surface area contributed by atoms with Crippen molar-refractivity contribution in [2.75, 3.05) is 13.6 Å². The maximum absolute atomic E-state index is 13.1. The molecule has 1 saturated carbocycles. The Morgan fingerprint density at radius 1 is 1.50 bits per heavy atom. The summed E-state index contributed by atoms with van der Waals surface area (Å²) in [6.45, 7) is 3.00. The molecule has 112 valence electrons. The number of aliphatic imine (C=N–C) groups is 1. The van der Waals surface area contributed by atoms with E-state index >= 15 is 0 Å². The van der Waals surface area contributed by atoms with E-state index in [1.165, 1.54) is 12.5 Å². The Morgan fingerprint density at radius 3 is 2.75 bits per heavy atom. The topological polar surface area (TPSA) is 36.4 Å². The van der Waals surface area contributed by atoms with Gasteiger partial charge in [-0.15, -0.1) is 24.0 Å². The molecule has 1 aliphatic carbocycles. The highest BCUT2D eigenvalue weighted by Gasteiger charge is 2.33. The fraction of sp³-hybridized carbons (Fsp3) is 0.500. The van der Waals surface area contributed by atoms with Gasteiger partial charge in [-0.3, -0.25) is 4.99 Å². The highest BCUT2D eigenvalue weighted by Crippen LogP contribution is 2.28. The zero-order chi connectivity index (χ0) is 13.8. The first-order valence-electron chi connectivity index (χ1n) is 6.51. The summed E-state index contributed by atoms with van der Waals surface area (Å²) in [6, 6.07) is 5.67. The Bertz CT molecular complexity index is 481. The van der Waals surface area contributed by atoms with Crippen molar-refractivity contribution in [2.45, 2.75) is 25.8 Å². The molecular weight excluding hydrogens is 436 g/mol. The zero-order valence-electron chi connectivity index (χ0n) is 11.6. The van der Waals surface area contributed by atoms with Crippen LogP contribution < -0.4 is 10.6 Å². The van der Waals surface area contributed by atoms with Crippen molar-refractivity contribution in [3.63, 3.8) is 0 Å². The molecule has 0 radical (unpaired) electrons. The van der Waals surface area contributed by atoms with Crippen LogP contribution in [0.2, 0.25) is 0 Å². The first-order valence-corrected chi connectivity index (χ1v) is 7.30. The molecule has 0 spiro atoms. The molecule has 2 atom stereocenters. The predicted molar refractivity (Wildman–Crippen MR) is 95.3 cm³/mol. The van der Waals surface area contributed by atoms with E-state index in [2.05, 4.69) is 38.5 Å². The molecule has 3 nitrogen and oxygen atoms in total. The number of rotatable bonds is 4. The van der Waals surface area contributed by atoms with Gasteiger partial charge >= 0.3 is 0 Å². The summed E-state index contributed by atoms with van der Waals surface area (Å²) in [5.74, 6) is 1.36. The van der Waals surface area contributed by atoms with Crippen LogP contribution in [0.3, 0.4) is 0 Å².